The van der Waals surface area contributed by atoms with Crippen molar-refractivity contribution in [1.82, 2.24) is 4.90 Å². The molecule has 11 heavy (non-hydrogen) atoms. The van der Waals surface area contributed by atoms with Gasteiger partial charge in [-0.1, -0.05) is 6.58 Å². The first-order valence-electron chi connectivity index (χ1n) is 4.14. The van der Waals surface area contributed by atoms with Crippen molar-refractivity contribution in [3.8, 4) is 0 Å². The Morgan fingerprint density at radius 1 is 1.45 bits per heavy atom. The fraction of sp³-hybridized carbons (Fsp3) is 0.778. The Labute approximate surface area is 68.5 Å². The van der Waals surface area contributed by atoms with E-state index in [0.717, 1.165) is 31.6 Å². The van der Waals surface area contributed by atoms with E-state index < -0.39 is 5.60 Å². The highest BCUT2D eigenvalue weighted by atomic mass is 16.3. The van der Waals surface area contributed by atoms with Gasteiger partial charge in [-0.15, -0.1) is 0 Å². The van der Waals surface area contributed by atoms with Crippen molar-refractivity contribution in [1.29, 1.82) is 0 Å². The molecule has 1 fully saturated rings. The van der Waals surface area contributed by atoms with Gasteiger partial charge in [0.25, 0.3) is 0 Å². The van der Waals surface area contributed by atoms with Crippen LogP contribution in [0.5, 0.6) is 0 Å². The minimum atomic E-state index is -0.439. The predicted molar refractivity (Wildman–Crippen MR) is 46.2 cm³/mol. The summed E-state index contributed by atoms with van der Waals surface area (Å²) in [6, 6.07) is 0. The van der Waals surface area contributed by atoms with Gasteiger partial charge in [0.1, 0.15) is 0 Å². The maximum absolute atomic E-state index is 9.62. The summed E-state index contributed by atoms with van der Waals surface area (Å²) in [5.41, 5.74) is 0.673. The van der Waals surface area contributed by atoms with Gasteiger partial charge in [0.2, 0.25) is 0 Å². The number of likely N-dealkylation sites (tertiary alicyclic amines) is 1. The van der Waals surface area contributed by atoms with Gasteiger partial charge < -0.3 is 10.0 Å². The second kappa shape index (κ2) is 2.86. The number of hydrogen-bond acceptors (Lipinski definition) is 2. The molecule has 1 N–H and O–H groups in total. The molecule has 1 rings (SSSR count). The first kappa shape index (κ1) is 8.60. The van der Waals surface area contributed by atoms with Crippen LogP contribution in [0.2, 0.25) is 0 Å². The third-order valence-electron chi connectivity index (χ3n) is 2.38. The van der Waals surface area contributed by atoms with E-state index >= 15 is 0 Å². The smallest absolute Gasteiger partial charge is 0.0653 e. The zero-order chi connectivity index (χ0) is 8.48. The van der Waals surface area contributed by atoms with Crippen LogP contribution in [-0.2, 0) is 0 Å². The van der Waals surface area contributed by atoms with Crippen molar-refractivity contribution in [2.45, 2.75) is 32.3 Å². The van der Waals surface area contributed by atoms with Gasteiger partial charge in [-0.2, -0.15) is 0 Å². The Kier molecular flexibility index (Phi) is 2.23. The molecule has 1 aliphatic heterocycles. The number of hydrogen-bond donors (Lipinski definition) is 1. The van der Waals surface area contributed by atoms with Crippen LogP contribution >= 0.6 is 0 Å². The molecule has 64 valence electrons. The number of allylic oxidation sites excluding steroid dienone is 1. The largest absolute Gasteiger partial charge is 0.390 e. The van der Waals surface area contributed by atoms with Crippen molar-refractivity contribution in [3.63, 3.8) is 0 Å². The quantitative estimate of drug-likeness (QED) is 0.618. The Balaban J connectivity index is 2.42. The lowest BCUT2D eigenvalue weighted by atomic mass is 9.94. The van der Waals surface area contributed by atoms with Gasteiger partial charge in [-0.3, -0.25) is 0 Å². The molecule has 0 aliphatic carbocycles. The van der Waals surface area contributed by atoms with Gasteiger partial charge in [-0.25, -0.2) is 0 Å². The molecule has 0 aromatic rings. The van der Waals surface area contributed by atoms with Crippen molar-refractivity contribution in [2.75, 3.05) is 13.1 Å². The summed E-state index contributed by atoms with van der Waals surface area (Å²) >= 11 is 0. The summed E-state index contributed by atoms with van der Waals surface area (Å²) in [5.74, 6) is 0. The van der Waals surface area contributed by atoms with Crippen LogP contribution in [0, 0.1) is 0 Å². The van der Waals surface area contributed by atoms with Crippen LogP contribution in [0.15, 0.2) is 12.3 Å². The van der Waals surface area contributed by atoms with E-state index in [1.807, 2.05) is 13.8 Å². The fourth-order valence-corrected chi connectivity index (χ4v) is 1.37. The van der Waals surface area contributed by atoms with Crippen LogP contribution in [0.1, 0.15) is 26.7 Å². The number of aliphatic hydroxyl groups is 1. The van der Waals surface area contributed by atoms with E-state index in [4.69, 9.17) is 0 Å². The SMILES string of the molecule is C=C(C)N1CCC(C)(O)CC1. The molecule has 0 spiro atoms. The molecule has 1 heterocycles. The molecule has 1 aliphatic rings. The Morgan fingerprint density at radius 3 is 2.27 bits per heavy atom. The zero-order valence-electron chi connectivity index (χ0n) is 7.43. The summed E-state index contributed by atoms with van der Waals surface area (Å²) < 4.78 is 0. The molecule has 1 saturated heterocycles. The van der Waals surface area contributed by atoms with Crippen LogP contribution < -0.4 is 0 Å². The van der Waals surface area contributed by atoms with E-state index in [2.05, 4.69) is 11.5 Å². The summed E-state index contributed by atoms with van der Waals surface area (Å²) in [4.78, 5) is 2.22. The van der Waals surface area contributed by atoms with Gasteiger partial charge in [0.05, 0.1) is 5.60 Å². The third kappa shape index (κ3) is 2.22. The maximum Gasteiger partial charge on any atom is 0.0653 e. The van der Waals surface area contributed by atoms with Crippen molar-refractivity contribution < 1.29 is 5.11 Å². The van der Waals surface area contributed by atoms with E-state index in [-0.39, 0.29) is 0 Å². The standard InChI is InChI=1S/C9H17NO/c1-8(2)10-6-4-9(3,11)5-7-10/h11H,1,4-7H2,2-3H3. The highest BCUT2D eigenvalue weighted by Crippen LogP contribution is 2.22. The maximum atomic E-state index is 9.62. The highest BCUT2D eigenvalue weighted by Gasteiger charge is 2.26. The molecule has 0 aromatic carbocycles. The monoisotopic (exact) mass is 155 g/mol. The molecule has 0 bridgehead atoms. The molecule has 0 atom stereocenters. The van der Waals surface area contributed by atoms with Crippen LogP contribution in [0.25, 0.3) is 0 Å². The lowest BCUT2D eigenvalue weighted by Crippen LogP contribution is -2.41. The van der Waals surface area contributed by atoms with Gasteiger partial charge in [-0.05, 0) is 26.7 Å². The summed E-state index contributed by atoms with van der Waals surface area (Å²) in [5, 5.41) is 9.62. The minimum absolute atomic E-state index is 0.439. The molecular weight excluding hydrogens is 138 g/mol. The first-order chi connectivity index (χ1) is 5.01. The van der Waals surface area contributed by atoms with Crippen molar-refractivity contribution in [2.24, 2.45) is 0 Å². The van der Waals surface area contributed by atoms with E-state index in [1.165, 1.54) is 0 Å². The molecule has 0 unspecified atom stereocenters. The normalized spacial score (nSPS) is 23.4. The topological polar surface area (TPSA) is 23.5 Å². The number of rotatable bonds is 1. The van der Waals surface area contributed by atoms with Crippen molar-refractivity contribution in [3.05, 3.63) is 12.3 Å². The van der Waals surface area contributed by atoms with E-state index in [9.17, 15) is 5.11 Å². The second-order valence-corrected chi connectivity index (χ2v) is 3.72. The lowest BCUT2D eigenvalue weighted by Gasteiger charge is -2.37. The zero-order valence-corrected chi connectivity index (χ0v) is 7.43. The Morgan fingerprint density at radius 2 is 1.91 bits per heavy atom. The molecule has 0 radical (unpaired) electrons. The van der Waals surface area contributed by atoms with Gasteiger partial charge >= 0.3 is 0 Å². The van der Waals surface area contributed by atoms with Crippen LogP contribution in [0.4, 0.5) is 0 Å². The fourth-order valence-electron chi connectivity index (χ4n) is 1.37. The summed E-state index contributed by atoms with van der Waals surface area (Å²) in [6.45, 7) is 9.68. The average Bonchev–Trinajstić information content (AvgIpc) is 1.86. The molecular formula is C9H17NO. The Hall–Kier alpha value is -0.500. The van der Waals surface area contributed by atoms with Gasteiger partial charge in [0, 0.05) is 18.8 Å². The highest BCUT2D eigenvalue weighted by molar-refractivity contribution is 4.93. The van der Waals surface area contributed by atoms with Gasteiger partial charge in [0.15, 0.2) is 0 Å². The minimum Gasteiger partial charge on any atom is -0.390 e. The summed E-state index contributed by atoms with van der Waals surface area (Å²) in [6.07, 6.45) is 1.72. The number of nitrogens with zero attached hydrogens (tertiary/aromatic N) is 1. The molecule has 0 amide bonds. The molecule has 2 heteroatoms. The van der Waals surface area contributed by atoms with E-state index in [1.54, 1.807) is 0 Å². The second-order valence-electron chi connectivity index (χ2n) is 3.72. The third-order valence-corrected chi connectivity index (χ3v) is 2.38. The molecule has 0 aromatic heterocycles. The molecule has 0 saturated carbocycles. The first-order valence-corrected chi connectivity index (χ1v) is 4.14. The lowest BCUT2D eigenvalue weighted by molar-refractivity contribution is 0.00303. The average molecular weight is 155 g/mol. The summed E-state index contributed by atoms with van der Waals surface area (Å²) in [7, 11) is 0. The predicted octanol–water partition coefficient (Wildman–Crippen LogP) is 1.37. The molecule has 2 nitrogen and oxygen atoms in total. The Bertz CT molecular complexity index is 153. The van der Waals surface area contributed by atoms with E-state index in [0.29, 0.717) is 0 Å². The van der Waals surface area contributed by atoms with Crippen molar-refractivity contribution >= 4 is 0 Å². The van der Waals surface area contributed by atoms with Crippen LogP contribution in [-0.4, -0.2) is 28.7 Å². The van der Waals surface area contributed by atoms with Crippen LogP contribution in [0.3, 0.4) is 0 Å². The number of piperidine rings is 1.